The standard InChI is InChI=1S/C15H16N2O3S/c1-20-14(18)12-5-2-4-11(8-12)9-16-15(19)17-10-13-6-3-7-21-13/h2-8H,9-10H2,1H3,(H2,16,17,19). The van der Waals surface area contributed by atoms with Crippen molar-refractivity contribution in [2.75, 3.05) is 7.11 Å². The summed E-state index contributed by atoms with van der Waals surface area (Å²) in [5, 5.41) is 7.49. The van der Waals surface area contributed by atoms with Crippen molar-refractivity contribution in [3.8, 4) is 0 Å². The number of hydrogen-bond donors (Lipinski definition) is 2. The largest absolute Gasteiger partial charge is 0.465 e. The Morgan fingerprint density at radius 1 is 1.14 bits per heavy atom. The molecule has 2 aromatic rings. The Balaban J connectivity index is 1.82. The van der Waals surface area contributed by atoms with Crippen LogP contribution in [-0.4, -0.2) is 19.1 Å². The van der Waals surface area contributed by atoms with Crippen LogP contribution in [0.25, 0.3) is 0 Å². The number of methoxy groups -OCH3 is 1. The lowest BCUT2D eigenvalue weighted by Gasteiger charge is -2.08. The third-order valence-corrected chi connectivity index (χ3v) is 3.68. The molecular weight excluding hydrogens is 288 g/mol. The highest BCUT2D eigenvalue weighted by molar-refractivity contribution is 7.09. The van der Waals surface area contributed by atoms with E-state index in [1.807, 2.05) is 23.6 Å². The summed E-state index contributed by atoms with van der Waals surface area (Å²) in [6.07, 6.45) is 0. The molecule has 0 atom stereocenters. The van der Waals surface area contributed by atoms with Crippen molar-refractivity contribution in [1.29, 1.82) is 0 Å². The monoisotopic (exact) mass is 304 g/mol. The molecule has 2 rings (SSSR count). The molecule has 110 valence electrons. The molecule has 0 unspecified atom stereocenters. The first-order valence-electron chi connectivity index (χ1n) is 6.40. The lowest BCUT2D eigenvalue weighted by molar-refractivity contribution is 0.0600. The molecule has 1 heterocycles. The molecule has 2 amide bonds. The van der Waals surface area contributed by atoms with Gasteiger partial charge in [0.2, 0.25) is 0 Å². The van der Waals surface area contributed by atoms with Gasteiger partial charge in [0.15, 0.2) is 0 Å². The summed E-state index contributed by atoms with van der Waals surface area (Å²) in [6.45, 7) is 0.854. The van der Waals surface area contributed by atoms with Crippen LogP contribution in [0, 0.1) is 0 Å². The quantitative estimate of drug-likeness (QED) is 0.834. The van der Waals surface area contributed by atoms with E-state index in [0.29, 0.717) is 18.7 Å². The van der Waals surface area contributed by atoms with Gasteiger partial charge in [0, 0.05) is 11.4 Å². The highest BCUT2D eigenvalue weighted by Gasteiger charge is 2.06. The highest BCUT2D eigenvalue weighted by Crippen LogP contribution is 2.08. The van der Waals surface area contributed by atoms with Gasteiger partial charge in [0.25, 0.3) is 0 Å². The number of rotatable bonds is 5. The van der Waals surface area contributed by atoms with Crippen LogP contribution in [0.5, 0.6) is 0 Å². The fourth-order valence-electron chi connectivity index (χ4n) is 1.75. The maximum absolute atomic E-state index is 11.7. The van der Waals surface area contributed by atoms with E-state index in [9.17, 15) is 9.59 Å². The number of hydrogen-bond acceptors (Lipinski definition) is 4. The lowest BCUT2D eigenvalue weighted by atomic mass is 10.1. The van der Waals surface area contributed by atoms with Gasteiger partial charge >= 0.3 is 12.0 Å². The zero-order valence-corrected chi connectivity index (χ0v) is 12.4. The predicted octanol–water partition coefficient (Wildman–Crippen LogP) is 2.53. The molecule has 21 heavy (non-hydrogen) atoms. The summed E-state index contributed by atoms with van der Waals surface area (Å²) in [4.78, 5) is 24.2. The van der Waals surface area contributed by atoms with Crippen LogP contribution in [0.15, 0.2) is 41.8 Å². The lowest BCUT2D eigenvalue weighted by Crippen LogP contribution is -2.34. The number of carbonyl (C=O) groups is 2. The van der Waals surface area contributed by atoms with Crippen LogP contribution in [0.2, 0.25) is 0 Å². The minimum Gasteiger partial charge on any atom is -0.465 e. The minimum absolute atomic E-state index is 0.244. The maximum Gasteiger partial charge on any atom is 0.337 e. The van der Waals surface area contributed by atoms with Gasteiger partial charge in [0.1, 0.15) is 0 Å². The molecule has 0 fully saturated rings. The Morgan fingerprint density at radius 2 is 1.95 bits per heavy atom. The molecular formula is C15H16N2O3S. The fraction of sp³-hybridized carbons (Fsp3) is 0.200. The van der Waals surface area contributed by atoms with Crippen molar-refractivity contribution < 1.29 is 14.3 Å². The van der Waals surface area contributed by atoms with Gasteiger partial charge in [-0.2, -0.15) is 0 Å². The molecule has 0 aliphatic carbocycles. The highest BCUT2D eigenvalue weighted by atomic mass is 32.1. The van der Waals surface area contributed by atoms with E-state index in [2.05, 4.69) is 15.4 Å². The van der Waals surface area contributed by atoms with Crippen molar-refractivity contribution in [1.82, 2.24) is 10.6 Å². The molecule has 0 saturated carbocycles. The summed E-state index contributed by atoms with van der Waals surface area (Å²) in [7, 11) is 1.34. The molecule has 1 aromatic heterocycles. The number of nitrogens with one attached hydrogen (secondary N) is 2. The van der Waals surface area contributed by atoms with Gasteiger partial charge in [-0.15, -0.1) is 11.3 Å². The summed E-state index contributed by atoms with van der Waals surface area (Å²) in [5.74, 6) is -0.390. The number of ether oxygens (including phenoxy) is 1. The molecule has 0 saturated heterocycles. The Hall–Kier alpha value is -2.34. The van der Waals surface area contributed by atoms with E-state index < -0.39 is 0 Å². The zero-order valence-electron chi connectivity index (χ0n) is 11.6. The molecule has 2 N–H and O–H groups in total. The van der Waals surface area contributed by atoms with E-state index in [1.165, 1.54) is 7.11 Å². The molecule has 5 nitrogen and oxygen atoms in total. The number of thiophene rings is 1. The summed E-state index contributed by atoms with van der Waals surface area (Å²) < 4.78 is 4.66. The first-order chi connectivity index (χ1) is 10.2. The topological polar surface area (TPSA) is 67.4 Å². The normalized spacial score (nSPS) is 9.95. The number of amides is 2. The molecule has 0 aliphatic rings. The minimum atomic E-state index is -0.390. The van der Waals surface area contributed by atoms with Gasteiger partial charge < -0.3 is 15.4 Å². The number of carbonyl (C=O) groups excluding carboxylic acids is 2. The molecule has 6 heteroatoms. The number of benzene rings is 1. The van der Waals surface area contributed by atoms with Gasteiger partial charge in [-0.3, -0.25) is 0 Å². The van der Waals surface area contributed by atoms with Crippen molar-refractivity contribution >= 4 is 23.3 Å². The van der Waals surface area contributed by atoms with Crippen LogP contribution in [0.1, 0.15) is 20.8 Å². The van der Waals surface area contributed by atoms with Crippen LogP contribution in [0.3, 0.4) is 0 Å². The first kappa shape index (κ1) is 15.1. The van der Waals surface area contributed by atoms with Crippen molar-refractivity contribution in [2.45, 2.75) is 13.1 Å². The Bertz CT molecular complexity index is 611. The second kappa shape index (κ2) is 7.44. The van der Waals surface area contributed by atoms with Crippen molar-refractivity contribution in [3.05, 3.63) is 57.8 Å². The molecule has 0 radical (unpaired) electrons. The SMILES string of the molecule is COC(=O)c1cccc(CNC(=O)NCc2cccs2)c1. The van der Waals surface area contributed by atoms with Crippen molar-refractivity contribution in [3.63, 3.8) is 0 Å². The summed E-state index contributed by atoms with van der Waals surface area (Å²) >= 11 is 1.59. The maximum atomic E-state index is 11.7. The van der Waals surface area contributed by atoms with Gasteiger partial charge in [-0.25, -0.2) is 9.59 Å². The average molecular weight is 304 g/mol. The first-order valence-corrected chi connectivity index (χ1v) is 7.28. The Labute approximate surface area is 126 Å². The van der Waals surface area contributed by atoms with Crippen molar-refractivity contribution in [2.24, 2.45) is 0 Å². The second-order valence-electron chi connectivity index (χ2n) is 4.31. The van der Waals surface area contributed by atoms with Crippen LogP contribution < -0.4 is 10.6 Å². The fourth-order valence-corrected chi connectivity index (χ4v) is 2.40. The second-order valence-corrected chi connectivity index (χ2v) is 5.34. The third kappa shape index (κ3) is 4.61. The molecule has 0 aliphatic heterocycles. The van der Waals surface area contributed by atoms with E-state index in [1.54, 1.807) is 29.5 Å². The van der Waals surface area contributed by atoms with Crippen LogP contribution in [-0.2, 0) is 17.8 Å². The van der Waals surface area contributed by atoms with E-state index in [4.69, 9.17) is 0 Å². The number of urea groups is 1. The van der Waals surface area contributed by atoms with E-state index in [0.717, 1.165) is 10.4 Å². The summed E-state index contributed by atoms with van der Waals surface area (Å²) in [5.41, 5.74) is 1.31. The smallest absolute Gasteiger partial charge is 0.337 e. The molecule has 0 bridgehead atoms. The van der Waals surface area contributed by atoms with Crippen LogP contribution >= 0.6 is 11.3 Å². The van der Waals surface area contributed by atoms with Gasteiger partial charge in [-0.1, -0.05) is 18.2 Å². The Kier molecular flexibility index (Phi) is 5.34. The van der Waals surface area contributed by atoms with E-state index in [-0.39, 0.29) is 12.0 Å². The zero-order chi connectivity index (χ0) is 15.1. The van der Waals surface area contributed by atoms with Crippen LogP contribution in [0.4, 0.5) is 4.79 Å². The molecule has 0 spiro atoms. The third-order valence-electron chi connectivity index (χ3n) is 2.80. The average Bonchev–Trinajstić information content (AvgIpc) is 3.04. The van der Waals surface area contributed by atoms with Gasteiger partial charge in [-0.05, 0) is 29.1 Å². The predicted molar refractivity (Wildman–Crippen MR) is 81.2 cm³/mol. The molecule has 1 aromatic carbocycles. The Morgan fingerprint density at radius 3 is 2.67 bits per heavy atom. The van der Waals surface area contributed by atoms with Gasteiger partial charge in [0.05, 0.1) is 19.2 Å². The van der Waals surface area contributed by atoms with E-state index >= 15 is 0 Å². The summed E-state index contributed by atoms with van der Waals surface area (Å²) in [6, 6.07) is 10.6. The number of esters is 1.